The second-order valence-electron chi connectivity index (χ2n) is 8.57. The van der Waals surface area contributed by atoms with E-state index < -0.39 is 10.0 Å². The van der Waals surface area contributed by atoms with Crippen molar-refractivity contribution in [1.82, 2.24) is 9.97 Å². The lowest BCUT2D eigenvalue weighted by Gasteiger charge is -2.27. The molecule has 1 aromatic heterocycles. The van der Waals surface area contributed by atoms with Gasteiger partial charge in [0, 0.05) is 36.2 Å². The topological polar surface area (TPSA) is 96.5 Å². The van der Waals surface area contributed by atoms with Crippen LogP contribution in [0.1, 0.15) is 36.1 Å². The molecule has 34 heavy (non-hydrogen) atoms. The molecule has 0 unspecified atom stereocenters. The highest BCUT2D eigenvalue weighted by atomic mass is 32.2. The maximum atomic E-state index is 13.0. The van der Waals surface area contributed by atoms with Crippen molar-refractivity contribution < 1.29 is 13.2 Å². The molecule has 1 aliphatic heterocycles. The lowest BCUT2D eigenvalue weighted by Crippen LogP contribution is -2.31. The van der Waals surface area contributed by atoms with Gasteiger partial charge in [0.15, 0.2) is 0 Å². The molecule has 3 aromatic rings. The Labute approximate surface area is 201 Å². The fourth-order valence-corrected chi connectivity index (χ4v) is 5.47. The number of hydrogen-bond acceptors (Lipinski definition) is 7. The summed E-state index contributed by atoms with van der Waals surface area (Å²) >= 11 is 0. The fourth-order valence-electron chi connectivity index (χ4n) is 4.12. The van der Waals surface area contributed by atoms with Crippen LogP contribution in [0.4, 0.5) is 23.1 Å². The summed E-state index contributed by atoms with van der Waals surface area (Å²) < 4.78 is 33.9. The standard InChI is InChI=1S/C25H31N5O3S/c1-17-16-24(28-25(26-17)30-14-6-5-7-15-30)27-20-8-10-21(11-9-20)29-34(31,32)23-13-12-22(33-4)18(2)19(23)3/h8-13,16,29H,5-7,14-15H2,1-4H3,(H,26,27,28). The summed E-state index contributed by atoms with van der Waals surface area (Å²) in [5.74, 6) is 2.12. The van der Waals surface area contributed by atoms with E-state index in [0.717, 1.165) is 48.8 Å². The van der Waals surface area contributed by atoms with Crippen LogP contribution in [-0.4, -0.2) is 38.6 Å². The molecule has 0 saturated carbocycles. The van der Waals surface area contributed by atoms with Gasteiger partial charge in [-0.05, 0) is 87.6 Å². The van der Waals surface area contributed by atoms with Crippen LogP contribution in [0.5, 0.6) is 5.75 Å². The molecule has 0 radical (unpaired) electrons. The molecule has 1 fully saturated rings. The number of nitrogens with one attached hydrogen (secondary N) is 2. The van der Waals surface area contributed by atoms with Crippen LogP contribution in [0.3, 0.4) is 0 Å². The third-order valence-corrected chi connectivity index (χ3v) is 7.61. The van der Waals surface area contributed by atoms with Gasteiger partial charge in [-0.2, -0.15) is 4.98 Å². The van der Waals surface area contributed by atoms with E-state index in [-0.39, 0.29) is 4.90 Å². The number of ether oxygens (including phenoxy) is 1. The van der Waals surface area contributed by atoms with Crippen LogP contribution in [0, 0.1) is 20.8 Å². The zero-order chi connectivity index (χ0) is 24.3. The maximum Gasteiger partial charge on any atom is 0.262 e. The van der Waals surface area contributed by atoms with Crippen molar-refractivity contribution in [1.29, 1.82) is 0 Å². The number of hydrogen-bond donors (Lipinski definition) is 2. The normalized spacial score (nSPS) is 14.1. The van der Waals surface area contributed by atoms with E-state index in [1.165, 1.54) is 6.42 Å². The summed E-state index contributed by atoms with van der Waals surface area (Å²) in [7, 11) is -2.17. The van der Waals surface area contributed by atoms with E-state index in [4.69, 9.17) is 4.74 Å². The molecule has 0 amide bonds. The van der Waals surface area contributed by atoms with E-state index in [2.05, 4.69) is 24.9 Å². The molecular weight excluding hydrogens is 450 g/mol. The van der Waals surface area contributed by atoms with Crippen molar-refractivity contribution in [3.63, 3.8) is 0 Å². The zero-order valence-corrected chi connectivity index (χ0v) is 20.9. The quantitative estimate of drug-likeness (QED) is 0.493. The molecule has 1 aliphatic rings. The van der Waals surface area contributed by atoms with Gasteiger partial charge in [0.2, 0.25) is 5.95 Å². The Morgan fingerprint density at radius 1 is 0.882 bits per heavy atom. The van der Waals surface area contributed by atoms with Crippen molar-refractivity contribution in [3.05, 3.63) is 59.3 Å². The van der Waals surface area contributed by atoms with E-state index >= 15 is 0 Å². The molecule has 4 rings (SSSR count). The predicted molar refractivity (Wildman–Crippen MR) is 136 cm³/mol. The van der Waals surface area contributed by atoms with Gasteiger partial charge in [-0.15, -0.1) is 0 Å². The molecular formula is C25H31N5O3S. The zero-order valence-electron chi connectivity index (χ0n) is 20.1. The van der Waals surface area contributed by atoms with Crippen LogP contribution >= 0.6 is 0 Å². The molecule has 2 aromatic carbocycles. The van der Waals surface area contributed by atoms with E-state index in [1.54, 1.807) is 38.3 Å². The second kappa shape index (κ2) is 9.89. The van der Waals surface area contributed by atoms with Gasteiger partial charge in [0.1, 0.15) is 11.6 Å². The van der Waals surface area contributed by atoms with Crippen molar-refractivity contribution in [2.45, 2.75) is 44.9 Å². The highest BCUT2D eigenvalue weighted by Gasteiger charge is 2.20. The Morgan fingerprint density at radius 3 is 2.24 bits per heavy atom. The Kier molecular flexibility index (Phi) is 6.92. The summed E-state index contributed by atoms with van der Waals surface area (Å²) in [6.45, 7) is 7.54. The number of methoxy groups -OCH3 is 1. The van der Waals surface area contributed by atoms with Crippen molar-refractivity contribution >= 4 is 33.2 Å². The van der Waals surface area contributed by atoms with E-state index in [0.29, 0.717) is 22.8 Å². The summed E-state index contributed by atoms with van der Waals surface area (Å²) in [6.07, 6.45) is 3.57. The number of aryl methyl sites for hydroxylation is 1. The summed E-state index contributed by atoms with van der Waals surface area (Å²) in [5, 5.41) is 3.31. The summed E-state index contributed by atoms with van der Waals surface area (Å²) in [6, 6.07) is 12.2. The van der Waals surface area contributed by atoms with Gasteiger partial charge in [0.25, 0.3) is 10.0 Å². The molecule has 0 atom stereocenters. The Morgan fingerprint density at radius 2 is 1.56 bits per heavy atom. The molecule has 180 valence electrons. The van der Waals surface area contributed by atoms with Crippen molar-refractivity contribution in [3.8, 4) is 5.75 Å². The first kappa shape index (κ1) is 23.8. The Balaban J connectivity index is 1.49. The first-order valence-corrected chi connectivity index (χ1v) is 12.9. The SMILES string of the molecule is COc1ccc(S(=O)(=O)Nc2ccc(Nc3cc(C)nc(N4CCCCC4)n3)cc2)c(C)c1C. The minimum absolute atomic E-state index is 0.231. The minimum atomic E-state index is -3.74. The first-order valence-electron chi connectivity index (χ1n) is 11.4. The van der Waals surface area contributed by atoms with E-state index in [9.17, 15) is 8.42 Å². The van der Waals surface area contributed by atoms with Gasteiger partial charge >= 0.3 is 0 Å². The largest absolute Gasteiger partial charge is 0.496 e. The molecule has 2 N–H and O–H groups in total. The monoisotopic (exact) mass is 481 g/mol. The lowest BCUT2D eigenvalue weighted by molar-refractivity contribution is 0.411. The Bertz CT molecular complexity index is 1270. The van der Waals surface area contributed by atoms with Gasteiger partial charge in [-0.25, -0.2) is 13.4 Å². The molecule has 8 nitrogen and oxygen atoms in total. The molecule has 0 bridgehead atoms. The van der Waals surface area contributed by atoms with Crippen LogP contribution in [0.15, 0.2) is 47.4 Å². The predicted octanol–water partition coefficient (Wildman–Crippen LogP) is 4.95. The number of rotatable bonds is 7. The number of anilines is 4. The first-order chi connectivity index (χ1) is 16.3. The van der Waals surface area contributed by atoms with Crippen molar-refractivity contribution in [2.24, 2.45) is 0 Å². The molecule has 0 spiro atoms. The molecule has 0 aliphatic carbocycles. The maximum absolute atomic E-state index is 13.0. The van der Waals surface area contributed by atoms with Crippen LogP contribution in [0.2, 0.25) is 0 Å². The average Bonchev–Trinajstić information content (AvgIpc) is 2.82. The third kappa shape index (κ3) is 5.25. The minimum Gasteiger partial charge on any atom is -0.496 e. The van der Waals surface area contributed by atoms with Crippen LogP contribution in [0.25, 0.3) is 0 Å². The van der Waals surface area contributed by atoms with Gasteiger partial charge < -0.3 is 15.0 Å². The number of benzene rings is 2. The van der Waals surface area contributed by atoms with Gasteiger partial charge in [-0.1, -0.05) is 0 Å². The average molecular weight is 482 g/mol. The molecule has 9 heteroatoms. The second-order valence-corrected chi connectivity index (χ2v) is 10.2. The van der Waals surface area contributed by atoms with Gasteiger partial charge in [-0.3, -0.25) is 4.72 Å². The number of aromatic nitrogens is 2. The molecule has 2 heterocycles. The van der Waals surface area contributed by atoms with Crippen LogP contribution < -0.4 is 19.7 Å². The summed E-state index contributed by atoms with van der Waals surface area (Å²) in [4.78, 5) is 11.7. The van der Waals surface area contributed by atoms with Crippen molar-refractivity contribution in [2.75, 3.05) is 35.1 Å². The molecule has 1 saturated heterocycles. The van der Waals surface area contributed by atoms with Crippen LogP contribution in [-0.2, 0) is 10.0 Å². The lowest BCUT2D eigenvalue weighted by atomic mass is 10.1. The number of sulfonamides is 1. The number of nitrogens with zero attached hydrogens (tertiary/aromatic N) is 3. The third-order valence-electron chi connectivity index (χ3n) is 6.09. The van der Waals surface area contributed by atoms with E-state index in [1.807, 2.05) is 32.0 Å². The highest BCUT2D eigenvalue weighted by Crippen LogP contribution is 2.29. The summed E-state index contributed by atoms with van der Waals surface area (Å²) in [5.41, 5.74) is 3.64. The fraction of sp³-hybridized carbons (Fsp3) is 0.360. The van der Waals surface area contributed by atoms with Gasteiger partial charge in [0.05, 0.1) is 12.0 Å². The Hall–Kier alpha value is -3.33. The smallest absolute Gasteiger partial charge is 0.262 e. The highest BCUT2D eigenvalue weighted by molar-refractivity contribution is 7.92. The number of piperidine rings is 1.